The van der Waals surface area contributed by atoms with Gasteiger partial charge in [-0.05, 0) is 42.4 Å². The van der Waals surface area contributed by atoms with Crippen LogP contribution in [-0.4, -0.2) is 23.3 Å². The molecule has 0 spiro atoms. The van der Waals surface area contributed by atoms with Crippen molar-refractivity contribution in [2.24, 2.45) is 5.92 Å². The number of H-pyrrole nitrogens is 1. The Bertz CT molecular complexity index is 1020. The summed E-state index contributed by atoms with van der Waals surface area (Å²) >= 11 is 0. The van der Waals surface area contributed by atoms with E-state index in [0.29, 0.717) is 18.0 Å². The van der Waals surface area contributed by atoms with E-state index >= 15 is 0 Å². The van der Waals surface area contributed by atoms with Gasteiger partial charge < -0.3 is 15.6 Å². The molecule has 0 aliphatic heterocycles. The fraction of sp³-hybridized carbons (Fsp3) is 0.333. The van der Waals surface area contributed by atoms with Crippen LogP contribution in [0.25, 0.3) is 10.9 Å². The molecule has 1 aliphatic carbocycles. The Morgan fingerprint density at radius 3 is 2.79 bits per heavy atom. The number of aromatic amines is 1. The second kappa shape index (κ2) is 8.52. The normalized spacial score (nSPS) is 18.7. The van der Waals surface area contributed by atoms with Crippen LogP contribution in [-0.2, 0) is 11.2 Å². The molecule has 4 rings (SSSR count). The summed E-state index contributed by atoms with van der Waals surface area (Å²) in [6.45, 7) is 2.51. The molecule has 0 saturated heterocycles. The number of nitrogens with one attached hydrogen (secondary N) is 3. The van der Waals surface area contributed by atoms with Crippen molar-refractivity contribution in [1.82, 2.24) is 15.6 Å². The molecule has 0 bridgehead atoms. The highest BCUT2D eigenvalue weighted by molar-refractivity contribution is 6.06. The molecule has 0 unspecified atom stereocenters. The van der Waals surface area contributed by atoms with Crippen molar-refractivity contribution in [3.8, 4) is 0 Å². The van der Waals surface area contributed by atoms with Gasteiger partial charge in [-0.1, -0.05) is 49.4 Å². The zero-order valence-electron chi connectivity index (χ0n) is 16.7. The Morgan fingerprint density at radius 1 is 1.10 bits per heavy atom. The molecule has 2 aromatic carbocycles. The smallest absolute Gasteiger partial charge is 0.253 e. The predicted octanol–water partition coefficient (Wildman–Crippen LogP) is 4.12. The van der Waals surface area contributed by atoms with E-state index in [1.165, 1.54) is 11.1 Å². The maximum atomic E-state index is 12.6. The lowest BCUT2D eigenvalue weighted by molar-refractivity contribution is -0.122. The molecule has 0 radical (unpaired) electrons. The van der Waals surface area contributed by atoms with E-state index in [-0.39, 0.29) is 24.3 Å². The van der Waals surface area contributed by atoms with Gasteiger partial charge in [-0.3, -0.25) is 9.59 Å². The number of hydrogen-bond donors (Lipinski definition) is 3. The highest BCUT2D eigenvalue weighted by atomic mass is 16.2. The summed E-state index contributed by atoms with van der Waals surface area (Å²) in [5, 5.41) is 6.96. The van der Waals surface area contributed by atoms with E-state index in [1.54, 1.807) is 6.20 Å². The second-order valence-electron chi connectivity index (χ2n) is 7.87. The third-order valence-corrected chi connectivity index (χ3v) is 5.85. The molecule has 1 aliphatic rings. The van der Waals surface area contributed by atoms with E-state index < -0.39 is 0 Å². The molecule has 29 heavy (non-hydrogen) atoms. The summed E-state index contributed by atoms with van der Waals surface area (Å²) in [6.07, 6.45) is 5.28. The zero-order chi connectivity index (χ0) is 20.2. The Labute approximate surface area is 170 Å². The van der Waals surface area contributed by atoms with Crippen molar-refractivity contribution < 1.29 is 9.59 Å². The minimum absolute atomic E-state index is 0.0298. The van der Waals surface area contributed by atoms with Crippen molar-refractivity contribution in [3.63, 3.8) is 0 Å². The quantitative estimate of drug-likeness (QED) is 0.574. The average molecular weight is 389 g/mol. The number of aryl methyl sites for hydroxylation is 1. The molecule has 0 saturated carbocycles. The third kappa shape index (κ3) is 4.19. The number of para-hydroxylation sites is 1. The number of fused-ring (bicyclic) bond motifs is 2. The molecular formula is C24H27N3O2. The van der Waals surface area contributed by atoms with Gasteiger partial charge in [0.2, 0.25) is 5.91 Å². The number of amides is 2. The molecule has 150 valence electrons. The zero-order valence-corrected chi connectivity index (χ0v) is 16.7. The second-order valence-corrected chi connectivity index (χ2v) is 7.87. The fourth-order valence-corrected chi connectivity index (χ4v) is 4.26. The van der Waals surface area contributed by atoms with Gasteiger partial charge in [-0.2, -0.15) is 0 Å². The van der Waals surface area contributed by atoms with Gasteiger partial charge in [0.1, 0.15) is 0 Å². The maximum absolute atomic E-state index is 12.6. The van der Waals surface area contributed by atoms with Crippen molar-refractivity contribution in [2.45, 2.75) is 38.6 Å². The predicted molar refractivity (Wildman–Crippen MR) is 115 cm³/mol. The van der Waals surface area contributed by atoms with E-state index in [9.17, 15) is 9.59 Å². The third-order valence-electron chi connectivity index (χ3n) is 5.85. The Morgan fingerprint density at radius 2 is 1.90 bits per heavy atom. The van der Waals surface area contributed by atoms with Crippen LogP contribution in [0, 0.1) is 5.92 Å². The average Bonchev–Trinajstić information content (AvgIpc) is 3.10. The van der Waals surface area contributed by atoms with Crippen LogP contribution in [0.5, 0.6) is 0 Å². The van der Waals surface area contributed by atoms with Crippen LogP contribution in [0.4, 0.5) is 0 Å². The summed E-state index contributed by atoms with van der Waals surface area (Å²) < 4.78 is 0. The first-order valence-corrected chi connectivity index (χ1v) is 10.3. The first kappa shape index (κ1) is 19.2. The largest absolute Gasteiger partial charge is 0.360 e. The minimum Gasteiger partial charge on any atom is -0.360 e. The van der Waals surface area contributed by atoms with Gasteiger partial charge in [-0.15, -0.1) is 0 Å². The molecule has 3 N–H and O–H groups in total. The lowest BCUT2D eigenvalue weighted by atomic mass is 9.92. The highest BCUT2D eigenvalue weighted by Crippen LogP contribution is 2.32. The molecule has 1 heterocycles. The summed E-state index contributed by atoms with van der Waals surface area (Å²) in [6, 6.07) is 16.1. The van der Waals surface area contributed by atoms with Gasteiger partial charge in [-0.25, -0.2) is 0 Å². The number of carbonyl (C=O) groups is 2. The lowest BCUT2D eigenvalue weighted by Crippen LogP contribution is -2.35. The van der Waals surface area contributed by atoms with Gasteiger partial charge >= 0.3 is 0 Å². The molecule has 2 atom stereocenters. The van der Waals surface area contributed by atoms with Crippen molar-refractivity contribution in [2.75, 3.05) is 6.54 Å². The maximum Gasteiger partial charge on any atom is 0.253 e. The number of aromatic nitrogens is 1. The van der Waals surface area contributed by atoms with Crippen LogP contribution in [0.3, 0.4) is 0 Å². The van der Waals surface area contributed by atoms with E-state index in [2.05, 4.69) is 40.7 Å². The first-order valence-electron chi connectivity index (χ1n) is 10.3. The summed E-state index contributed by atoms with van der Waals surface area (Å²) in [4.78, 5) is 28.2. The van der Waals surface area contributed by atoms with Crippen LogP contribution in [0.1, 0.15) is 53.7 Å². The summed E-state index contributed by atoms with van der Waals surface area (Å²) in [7, 11) is 0. The SMILES string of the molecule is C[C@@H]1CCCc2ccccc2[C@H]1NC(=O)CCNC(=O)c1c[nH]c2ccccc12. The van der Waals surface area contributed by atoms with Crippen molar-refractivity contribution >= 4 is 22.7 Å². The molecule has 5 heteroatoms. The summed E-state index contributed by atoms with van der Waals surface area (Å²) in [5.41, 5.74) is 4.09. The van der Waals surface area contributed by atoms with Gasteiger partial charge in [0.25, 0.3) is 5.91 Å². The molecule has 5 nitrogen and oxygen atoms in total. The molecular weight excluding hydrogens is 362 g/mol. The van der Waals surface area contributed by atoms with Crippen LogP contribution in [0.2, 0.25) is 0 Å². The highest BCUT2D eigenvalue weighted by Gasteiger charge is 2.25. The topological polar surface area (TPSA) is 74.0 Å². The van der Waals surface area contributed by atoms with Gasteiger partial charge in [0, 0.05) is 30.1 Å². The molecule has 0 fully saturated rings. The van der Waals surface area contributed by atoms with E-state index in [4.69, 9.17) is 0 Å². The standard InChI is InChI=1S/C24H27N3O2/c1-16-7-6-9-17-8-2-3-10-18(17)23(16)27-22(28)13-14-25-24(29)20-15-26-21-12-5-4-11-19(20)21/h2-5,8,10-12,15-16,23,26H,6-7,9,13-14H2,1H3,(H,25,29)(H,27,28)/t16-,23+/m1/s1. The first-order chi connectivity index (χ1) is 14.1. The van der Waals surface area contributed by atoms with E-state index in [1.807, 2.05) is 30.3 Å². The van der Waals surface area contributed by atoms with Crippen molar-refractivity contribution in [1.29, 1.82) is 0 Å². The van der Waals surface area contributed by atoms with E-state index in [0.717, 1.165) is 30.2 Å². The van der Waals surface area contributed by atoms with Crippen LogP contribution < -0.4 is 10.6 Å². The molecule has 3 aromatic rings. The fourth-order valence-electron chi connectivity index (χ4n) is 4.26. The van der Waals surface area contributed by atoms with Gasteiger partial charge in [0.05, 0.1) is 11.6 Å². The molecule has 2 amide bonds. The van der Waals surface area contributed by atoms with Crippen LogP contribution >= 0.6 is 0 Å². The minimum atomic E-state index is -0.163. The Kier molecular flexibility index (Phi) is 5.65. The van der Waals surface area contributed by atoms with Gasteiger partial charge in [0.15, 0.2) is 0 Å². The monoisotopic (exact) mass is 389 g/mol. The number of rotatable bonds is 5. The Balaban J connectivity index is 1.35. The molecule has 1 aromatic heterocycles. The number of carbonyl (C=O) groups excluding carboxylic acids is 2. The van der Waals surface area contributed by atoms with Crippen molar-refractivity contribution in [3.05, 3.63) is 71.4 Å². The number of benzene rings is 2. The number of hydrogen-bond acceptors (Lipinski definition) is 2. The van der Waals surface area contributed by atoms with Crippen LogP contribution in [0.15, 0.2) is 54.7 Å². The Hall–Kier alpha value is -3.08. The summed E-state index contributed by atoms with van der Waals surface area (Å²) in [5.74, 6) is 0.199. The lowest BCUT2D eigenvalue weighted by Gasteiger charge is -2.25.